The number of phenols is 1. The molecule has 0 aliphatic carbocycles. The number of benzene rings is 2. The molecule has 2 aromatic carbocycles. The molecule has 0 aliphatic heterocycles. The first-order valence-electron chi connectivity index (χ1n) is 7.73. The number of ether oxygens (including phenoxy) is 1. The SMILES string of the molecule is COc1ccc(C(=O)N/N=C\c2ccc(-c3cc(Cl)ccc3Cl)o2)c(O)c1. The van der Waals surface area contributed by atoms with Crippen molar-refractivity contribution >= 4 is 35.3 Å². The summed E-state index contributed by atoms with van der Waals surface area (Å²) in [6.07, 6.45) is 1.33. The van der Waals surface area contributed by atoms with E-state index in [9.17, 15) is 9.90 Å². The van der Waals surface area contributed by atoms with Crippen LogP contribution in [-0.4, -0.2) is 24.3 Å². The van der Waals surface area contributed by atoms with Crippen LogP contribution in [0.1, 0.15) is 16.1 Å². The van der Waals surface area contributed by atoms with Crippen molar-refractivity contribution in [2.24, 2.45) is 5.10 Å². The van der Waals surface area contributed by atoms with E-state index in [0.717, 1.165) is 0 Å². The van der Waals surface area contributed by atoms with Crippen LogP contribution < -0.4 is 10.2 Å². The number of hydrogen-bond donors (Lipinski definition) is 2. The fourth-order valence-corrected chi connectivity index (χ4v) is 2.68. The summed E-state index contributed by atoms with van der Waals surface area (Å²) in [6, 6.07) is 12.8. The Morgan fingerprint density at radius 2 is 2.00 bits per heavy atom. The molecule has 0 saturated heterocycles. The number of furan rings is 1. The largest absolute Gasteiger partial charge is 0.507 e. The van der Waals surface area contributed by atoms with Crippen molar-refractivity contribution in [2.75, 3.05) is 7.11 Å². The van der Waals surface area contributed by atoms with Crippen LogP contribution in [0.15, 0.2) is 58.0 Å². The minimum absolute atomic E-state index is 0.0683. The first-order valence-corrected chi connectivity index (χ1v) is 8.49. The van der Waals surface area contributed by atoms with E-state index in [4.69, 9.17) is 32.4 Å². The van der Waals surface area contributed by atoms with E-state index in [0.29, 0.717) is 32.9 Å². The molecule has 0 saturated carbocycles. The van der Waals surface area contributed by atoms with Gasteiger partial charge in [-0.3, -0.25) is 4.79 Å². The summed E-state index contributed by atoms with van der Waals surface area (Å²) >= 11 is 12.1. The van der Waals surface area contributed by atoms with E-state index in [1.807, 2.05) is 0 Å². The number of carbonyl (C=O) groups excluding carboxylic acids is 1. The van der Waals surface area contributed by atoms with Crippen LogP contribution in [0.25, 0.3) is 11.3 Å². The van der Waals surface area contributed by atoms with E-state index in [-0.39, 0.29) is 11.3 Å². The third kappa shape index (κ3) is 4.42. The highest BCUT2D eigenvalue weighted by molar-refractivity contribution is 6.35. The molecule has 0 radical (unpaired) electrons. The molecular formula is C19H14Cl2N2O4. The summed E-state index contributed by atoms with van der Waals surface area (Å²) in [5.41, 5.74) is 3.04. The summed E-state index contributed by atoms with van der Waals surface area (Å²) in [6.45, 7) is 0. The fraction of sp³-hybridized carbons (Fsp3) is 0.0526. The number of halogens is 2. The molecule has 3 rings (SSSR count). The molecule has 8 heteroatoms. The van der Waals surface area contributed by atoms with Gasteiger partial charge in [0.25, 0.3) is 5.91 Å². The summed E-state index contributed by atoms with van der Waals surface area (Å²) in [4.78, 5) is 12.1. The summed E-state index contributed by atoms with van der Waals surface area (Å²) < 4.78 is 10.6. The van der Waals surface area contributed by atoms with Crippen molar-refractivity contribution in [1.29, 1.82) is 0 Å². The van der Waals surface area contributed by atoms with Gasteiger partial charge >= 0.3 is 0 Å². The molecule has 0 atom stereocenters. The highest BCUT2D eigenvalue weighted by Gasteiger charge is 2.12. The molecular weight excluding hydrogens is 391 g/mol. The predicted octanol–water partition coefficient (Wildman–Crippen LogP) is 4.73. The minimum Gasteiger partial charge on any atom is -0.507 e. The monoisotopic (exact) mass is 404 g/mol. The molecule has 6 nitrogen and oxygen atoms in total. The van der Waals surface area contributed by atoms with Gasteiger partial charge in [-0.15, -0.1) is 0 Å². The van der Waals surface area contributed by atoms with E-state index < -0.39 is 5.91 Å². The number of methoxy groups -OCH3 is 1. The number of carbonyl (C=O) groups is 1. The first kappa shape index (κ1) is 18.8. The van der Waals surface area contributed by atoms with E-state index in [1.165, 1.54) is 25.5 Å². The average molecular weight is 405 g/mol. The Morgan fingerprint density at radius 3 is 2.74 bits per heavy atom. The molecule has 1 amide bonds. The molecule has 27 heavy (non-hydrogen) atoms. The standard InChI is InChI=1S/C19H14Cl2N2O4/c1-26-12-3-5-14(17(24)9-12)19(25)23-22-10-13-4-7-18(27-13)15-8-11(20)2-6-16(15)21/h2-10,24H,1H3,(H,23,25)/b22-10-. The number of nitrogens with zero attached hydrogens (tertiary/aromatic N) is 1. The lowest BCUT2D eigenvalue weighted by Gasteiger charge is -2.05. The molecule has 1 aromatic heterocycles. The van der Waals surface area contributed by atoms with Crippen LogP contribution in [0.4, 0.5) is 0 Å². The number of hydrazone groups is 1. The number of aromatic hydroxyl groups is 1. The third-order valence-corrected chi connectivity index (χ3v) is 4.19. The molecule has 1 heterocycles. The number of amides is 1. The van der Waals surface area contributed by atoms with Crippen molar-refractivity contribution in [2.45, 2.75) is 0 Å². The third-order valence-electron chi connectivity index (χ3n) is 3.63. The number of nitrogens with one attached hydrogen (secondary N) is 1. The Balaban J connectivity index is 1.69. The summed E-state index contributed by atoms with van der Waals surface area (Å²) in [5.74, 6) is 0.577. The van der Waals surface area contributed by atoms with Crippen molar-refractivity contribution in [3.8, 4) is 22.8 Å². The van der Waals surface area contributed by atoms with Gasteiger partial charge in [-0.25, -0.2) is 5.43 Å². The Kier molecular flexibility index (Phi) is 5.69. The maximum atomic E-state index is 12.1. The van der Waals surface area contributed by atoms with E-state index in [1.54, 1.807) is 36.4 Å². The fourth-order valence-electron chi connectivity index (χ4n) is 2.30. The van der Waals surface area contributed by atoms with Gasteiger partial charge < -0.3 is 14.3 Å². The summed E-state index contributed by atoms with van der Waals surface area (Å²) in [5, 5.41) is 14.7. The molecule has 0 aliphatic rings. The Hall–Kier alpha value is -2.96. The quantitative estimate of drug-likeness (QED) is 0.475. The van der Waals surface area contributed by atoms with Gasteiger partial charge in [-0.2, -0.15) is 5.10 Å². The van der Waals surface area contributed by atoms with Crippen molar-refractivity contribution in [1.82, 2.24) is 5.43 Å². The van der Waals surface area contributed by atoms with Gasteiger partial charge in [-0.05, 0) is 42.5 Å². The minimum atomic E-state index is -0.573. The lowest BCUT2D eigenvalue weighted by Crippen LogP contribution is -2.17. The molecule has 0 spiro atoms. The lowest BCUT2D eigenvalue weighted by atomic mass is 10.2. The second kappa shape index (κ2) is 8.16. The smallest absolute Gasteiger partial charge is 0.275 e. The maximum absolute atomic E-state index is 12.1. The van der Waals surface area contributed by atoms with Crippen molar-refractivity contribution in [3.63, 3.8) is 0 Å². The zero-order valence-corrected chi connectivity index (χ0v) is 15.6. The molecule has 138 valence electrons. The van der Waals surface area contributed by atoms with Gasteiger partial charge in [0.1, 0.15) is 23.0 Å². The summed E-state index contributed by atoms with van der Waals surface area (Å²) in [7, 11) is 1.47. The molecule has 0 bridgehead atoms. The average Bonchev–Trinajstić information content (AvgIpc) is 3.12. The Labute approximate surface area is 165 Å². The normalized spacial score (nSPS) is 10.9. The zero-order chi connectivity index (χ0) is 19.4. The molecule has 3 aromatic rings. The van der Waals surface area contributed by atoms with Crippen LogP contribution in [0.2, 0.25) is 10.0 Å². The van der Waals surface area contributed by atoms with Crippen molar-refractivity contribution in [3.05, 3.63) is 69.9 Å². The predicted molar refractivity (Wildman–Crippen MR) is 104 cm³/mol. The Morgan fingerprint density at radius 1 is 1.19 bits per heavy atom. The molecule has 0 fully saturated rings. The topological polar surface area (TPSA) is 84.1 Å². The van der Waals surface area contributed by atoms with Crippen LogP contribution >= 0.6 is 23.2 Å². The van der Waals surface area contributed by atoms with Gasteiger partial charge in [0.2, 0.25) is 0 Å². The van der Waals surface area contributed by atoms with Crippen molar-refractivity contribution < 1.29 is 19.1 Å². The number of hydrogen-bond acceptors (Lipinski definition) is 5. The van der Waals surface area contributed by atoms with Gasteiger partial charge in [0, 0.05) is 16.7 Å². The highest BCUT2D eigenvalue weighted by Crippen LogP contribution is 2.31. The second-order valence-corrected chi connectivity index (χ2v) is 6.25. The van der Waals surface area contributed by atoms with Gasteiger partial charge in [0.15, 0.2) is 0 Å². The van der Waals surface area contributed by atoms with Crippen LogP contribution in [0, 0.1) is 0 Å². The van der Waals surface area contributed by atoms with E-state index in [2.05, 4.69) is 10.5 Å². The number of rotatable bonds is 5. The van der Waals surface area contributed by atoms with Gasteiger partial charge in [-0.1, -0.05) is 23.2 Å². The molecule has 0 unspecified atom stereocenters. The van der Waals surface area contributed by atoms with Crippen LogP contribution in [-0.2, 0) is 0 Å². The second-order valence-electron chi connectivity index (χ2n) is 5.41. The number of phenolic OH excluding ortho intramolecular Hbond substituents is 1. The molecule has 2 N–H and O–H groups in total. The zero-order valence-electron chi connectivity index (χ0n) is 14.1. The lowest BCUT2D eigenvalue weighted by molar-refractivity contribution is 0.0952. The maximum Gasteiger partial charge on any atom is 0.275 e. The first-order chi connectivity index (χ1) is 13.0. The van der Waals surface area contributed by atoms with Crippen LogP contribution in [0.5, 0.6) is 11.5 Å². The van der Waals surface area contributed by atoms with Gasteiger partial charge in [0.05, 0.1) is 23.9 Å². The highest BCUT2D eigenvalue weighted by atomic mass is 35.5. The van der Waals surface area contributed by atoms with Crippen LogP contribution in [0.3, 0.4) is 0 Å². The Bertz CT molecular complexity index is 1010. The van der Waals surface area contributed by atoms with E-state index >= 15 is 0 Å².